The minimum atomic E-state index is -8.20. The Morgan fingerprint density at radius 3 is 1.26 bits per heavy atom. The van der Waals surface area contributed by atoms with Crippen LogP contribution in [0.3, 0.4) is 0 Å². The van der Waals surface area contributed by atoms with Crippen LogP contribution in [0.25, 0.3) is 0 Å². The van der Waals surface area contributed by atoms with Crippen molar-refractivity contribution in [2.75, 3.05) is 5.73 Å². The first-order valence-electron chi connectivity index (χ1n) is 7.12. The number of hydrogen-bond donors (Lipinski definition) is 3. The molecule has 0 spiro atoms. The summed E-state index contributed by atoms with van der Waals surface area (Å²) in [6.07, 6.45) is -7.58. The van der Waals surface area contributed by atoms with Gasteiger partial charge in [0, 0.05) is 5.69 Å². The summed E-state index contributed by atoms with van der Waals surface area (Å²) in [5, 5.41) is 0. The molecule has 0 aliphatic rings. The van der Waals surface area contributed by atoms with Crippen LogP contribution in [0.1, 0.15) is 5.56 Å². The van der Waals surface area contributed by atoms with Crippen LogP contribution in [0.2, 0.25) is 0 Å². The van der Waals surface area contributed by atoms with Crippen LogP contribution >= 0.6 is 7.60 Å². The van der Waals surface area contributed by atoms with Gasteiger partial charge in [-0.25, -0.2) is 0 Å². The van der Waals surface area contributed by atoms with E-state index in [1.807, 2.05) is 31.2 Å². The van der Waals surface area contributed by atoms with Gasteiger partial charge in [-0.3, -0.25) is 4.57 Å². The molecule has 0 unspecified atom stereocenters. The van der Waals surface area contributed by atoms with Gasteiger partial charge in [0.15, 0.2) is 0 Å². The van der Waals surface area contributed by atoms with Gasteiger partial charge in [-0.1, -0.05) is 17.7 Å². The maximum Gasteiger partial charge on any atom is 0.460 e. The second-order valence-electron chi connectivity index (χ2n) is 5.79. The molecule has 182 valence electrons. The molecule has 1 aromatic rings. The van der Waals surface area contributed by atoms with Crippen molar-refractivity contribution in [1.82, 2.24) is 0 Å². The lowest BCUT2D eigenvalue weighted by molar-refractivity contribution is -0.434. The average Bonchev–Trinajstić information content (AvgIpc) is 2.55. The van der Waals surface area contributed by atoms with Crippen LogP contribution in [-0.4, -0.2) is 45.3 Å². The molecule has 0 saturated carbocycles. The van der Waals surface area contributed by atoms with Gasteiger partial charge in [0.1, 0.15) is 0 Å². The number of nitrogens with two attached hydrogens (primary N) is 1. The number of benzene rings is 1. The number of halogens is 13. The van der Waals surface area contributed by atoms with E-state index in [9.17, 15) is 61.6 Å². The summed E-state index contributed by atoms with van der Waals surface area (Å²) < 4.78 is 171. The molecule has 0 fully saturated rings. The van der Waals surface area contributed by atoms with Crippen molar-refractivity contribution in [3.8, 4) is 0 Å². The van der Waals surface area contributed by atoms with E-state index >= 15 is 0 Å². The lowest BCUT2D eigenvalue weighted by Crippen LogP contribution is -2.69. The number of aryl methyl sites for hydroxylation is 1. The zero-order valence-electron chi connectivity index (χ0n) is 14.6. The van der Waals surface area contributed by atoms with Gasteiger partial charge in [0.2, 0.25) is 0 Å². The Morgan fingerprint density at radius 2 is 1.00 bits per heavy atom. The highest BCUT2D eigenvalue weighted by molar-refractivity contribution is 7.53. The van der Waals surface area contributed by atoms with Gasteiger partial charge >= 0.3 is 43.1 Å². The fourth-order valence-electron chi connectivity index (χ4n) is 1.51. The monoisotopic (exact) mass is 507 g/mol. The Morgan fingerprint density at radius 1 is 0.677 bits per heavy atom. The van der Waals surface area contributed by atoms with E-state index in [4.69, 9.17) is 15.5 Å². The molecule has 0 heterocycles. The van der Waals surface area contributed by atoms with Crippen molar-refractivity contribution in [3.05, 3.63) is 29.8 Å². The Hall–Kier alpha value is -1.74. The summed E-state index contributed by atoms with van der Waals surface area (Å²) in [7, 11) is -7.67. The summed E-state index contributed by atoms with van der Waals surface area (Å²) in [5.74, 6) is -32.3. The minimum absolute atomic E-state index is 0.829. The second kappa shape index (κ2) is 8.31. The minimum Gasteiger partial charge on any atom is -0.399 e. The molecular weight excluding hydrogens is 496 g/mol. The van der Waals surface area contributed by atoms with Gasteiger partial charge < -0.3 is 15.5 Å². The molecule has 0 aliphatic heterocycles. The predicted octanol–water partition coefficient (Wildman–Crippen LogP) is 5.44. The number of alkyl halides is 13. The van der Waals surface area contributed by atoms with Gasteiger partial charge in [-0.05, 0) is 19.1 Å². The van der Waals surface area contributed by atoms with Crippen LogP contribution in [0.5, 0.6) is 0 Å². The molecule has 0 amide bonds. The highest BCUT2D eigenvalue weighted by Gasteiger charge is 2.92. The summed E-state index contributed by atoms with van der Waals surface area (Å²) >= 11 is 0. The van der Waals surface area contributed by atoms with Crippen LogP contribution in [0.15, 0.2) is 24.3 Å². The predicted molar refractivity (Wildman–Crippen MR) is 78.4 cm³/mol. The third-order valence-electron chi connectivity index (χ3n) is 3.36. The van der Waals surface area contributed by atoms with E-state index < -0.39 is 43.1 Å². The largest absolute Gasteiger partial charge is 0.460 e. The Bertz CT molecular complexity index is 781. The zero-order chi connectivity index (χ0) is 25.5. The molecule has 31 heavy (non-hydrogen) atoms. The van der Waals surface area contributed by atoms with Crippen molar-refractivity contribution in [2.24, 2.45) is 0 Å². The average molecular weight is 507 g/mol. The van der Waals surface area contributed by atoms with E-state index in [-0.39, 0.29) is 0 Å². The molecule has 0 aromatic heterocycles. The lowest BCUT2D eigenvalue weighted by Gasteiger charge is -2.39. The van der Waals surface area contributed by atoms with Crippen molar-refractivity contribution in [2.45, 2.75) is 42.5 Å². The summed E-state index contributed by atoms with van der Waals surface area (Å²) in [6.45, 7) is 2.04. The van der Waals surface area contributed by atoms with Gasteiger partial charge in [0.05, 0.1) is 0 Å². The summed E-state index contributed by atoms with van der Waals surface area (Å²) in [6, 6.07) is 7.79. The fourth-order valence-corrected chi connectivity index (χ4v) is 2.02. The number of rotatable bonds is 5. The maximum absolute atomic E-state index is 12.7. The molecule has 1 rings (SSSR count). The molecule has 4 nitrogen and oxygen atoms in total. The third-order valence-corrected chi connectivity index (χ3v) is 4.37. The topological polar surface area (TPSA) is 83.6 Å². The van der Waals surface area contributed by atoms with E-state index in [2.05, 4.69) is 0 Å². The first kappa shape index (κ1) is 29.3. The first-order chi connectivity index (χ1) is 13.3. The molecule has 4 N–H and O–H groups in total. The number of anilines is 1. The SMILES string of the molecule is Cc1ccc(N)cc1.O=P(O)(O)C(F)(F)C(F)(F)C(F)(F)C(F)(F)C(F)(F)C(F)(F)F. The Balaban J connectivity index is 0.000000929. The van der Waals surface area contributed by atoms with Gasteiger partial charge in [0.25, 0.3) is 0 Å². The second-order valence-corrected chi connectivity index (χ2v) is 7.44. The molecule has 0 aliphatic carbocycles. The maximum atomic E-state index is 12.7. The first-order valence-corrected chi connectivity index (χ1v) is 8.74. The molecule has 0 bridgehead atoms. The number of hydrogen-bond acceptors (Lipinski definition) is 2. The van der Waals surface area contributed by atoms with Crippen molar-refractivity contribution >= 4 is 13.3 Å². The molecule has 1 aromatic carbocycles. The normalized spacial score (nSPS) is 14.7. The van der Waals surface area contributed by atoms with Crippen LogP contribution in [0, 0.1) is 6.92 Å². The molecule has 0 atom stereocenters. The quantitative estimate of drug-likeness (QED) is 0.282. The fraction of sp³-hybridized carbons (Fsp3) is 0.538. The molecule has 18 heteroatoms. The Kier molecular flexibility index (Phi) is 7.85. The van der Waals surface area contributed by atoms with E-state index in [0.29, 0.717) is 0 Å². The highest BCUT2D eigenvalue weighted by Crippen LogP contribution is 2.67. The van der Waals surface area contributed by atoms with Crippen molar-refractivity contribution < 1.29 is 71.4 Å². The Labute approximate surface area is 164 Å². The van der Waals surface area contributed by atoms with Crippen LogP contribution < -0.4 is 5.73 Å². The standard InChI is InChI=1S/C7H9N.C6H2F13O3P/c1-6-2-4-7(8)5-3-6;7-1(8,3(11,12)5(15,16)17)2(9,10)4(13,14)6(18,19)23(20,21)22/h2-5H,8H2,1H3;(H2,20,21,22). The number of nitrogen functional groups attached to an aromatic ring is 1. The van der Waals surface area contributed by atoms with Crippen molar-refractivity contribution in [3.63, 3.8) is 0 Å². The third kappa shape index (κ3) is 5.03. The van der Waals surface area contributed by atoms with Crippen LogP contribution in [0.4, 0.5) is 62.8 Å². The van der Waals surface area contributed by atoms with E-state index in [1.54, 1.807) is 0 Å². The highest BCUT2D eigenvalue weighted by atomic mass is 31.2. The summed E-state index contributed by atoms with van der Waals surface area (Å²) in [4.78, 5) is 15.5. The van der Waals surface area contributed by atoms with E-state index in [0.717, 1.165) is 5.69 Å². The van der Waals surface area contributed by atoms with Gasteiger partial charge in [-0.2, -0.15) is 57.1 Å². The van der Waals surface area contributed by atoms with E-state index in [1.165, 1.54) is 5.56 Å². The molecular formula is C13H11F13NO3P. The molecule has 0 saturated heterocycles. The van der Waals surface area contributed by atoms with Crippen molar-refractivity contribution in [1.29, 1.82) is 0 Å². The lowest BCUT2D eigenvalue weighted by atomic mass is 9.98. The smallest absolute Gasteiger partial charge is 0.399 e. The summed E-state index contributed by atoms with van der Waals surface area (Å²) in [5.41, 5.74) is 0.125. The zero-order valence-corrected chi connectivity index (χ0v) is 15.4. The van der Waals surface area contributed by atoms with Gasteiger partial charge in [-0.15, -0.1) is 0 Å². The van der Waals surface area contributed by atoms with Crippen LogP contribution in [-0.2, 0) is 4.57 Å². The molecule has 0 radical (unpaired) electrons.